The highest BCUT2D eigenvalue weighted by molar-refractivity contribution is 6.00. The third-order valence-corrected chi connectivity index (χ3v) is 4.77. The van der Waals surface area contributed by atoms with Crippen molar-refractivity contribution in [1.82, 2.24) is 5.32 Å². The molecule has 0 radical (unpaired) electrons. The van der Waals surface area contributed by atoms with Crippen molar-refractivity contribution in [2.24, 2.45) is 11.7 Å². The summed E-state index contributed by atoms with van der Waals surface area (Å²) in [6, 6.07) is 14.3. The second kappa shape index (κ2) is 9.61. The van der Waals surface area contributed by atoms with Crippen LogP contribution in [0, 0.1) is 24.7 Å². The van der Waals surface area contributed by atoms with Crippen molar-refractivity contribution >= 4 is 23.4 Å². The van der Waals surface area contributed by atoms with Gasteiger partial charge in [0.1, 0.15) is 12.4 Å². The summed E-state index contributed by atoms with van der Waals surface area (Å²) in [5, 5.41) is 2.73. The van der Waals surface area contributed by atoms with Gasteiger partial charge in [-0.1, -0.05) is 41.7 Å². The molecule has 7 nitrogen and oxygen atoms in total. The van der Waals surface area contributed by atoms with Gasteiger partial charge in [0.05, 0.1) is 18.0 Å². The first kappa shape index (κ1) is 20.9. The number of rotatable bonds is 6. The lowest BCUT2D eigenvalue weighted by Gasteiger charge is -2.16. The predicted octanol–water partition coefficient (Wildman–Crippen LogP) is 1.65. The zero-order chi connectivity index (χ0) is 21.5. The summed E-state index contributed by atoms with van der Waals surface area (Å²) in [6.45, 7) is 2.54. The summed E-state index contributed by atoms with van der Waals surface area (Å²) in [7, 11) is 0. The van der Waals surface area contributed by atoms with Crippen LogP contribution in [0.5, 0.6) is 5.75 Å². The highest BCUT2D eigenvalue weighted by Gasteiger charge is 2.34. The van der Waals surface area contributed by atoms with Gasteiger partial charge in [-0.05, 0) is 31.2 Å². The predicted molar refractivity (Wildman–Crippen MR) is 113 cm³/mol. The SMILES string of the molecule is Cc1ccc(N2CC(C(=O)NCC#CCOc3ccccc3C(N)=O)CC2=O)cc1. The van der Waals surface area contributed by atoms with Crippen LogP contribution < -0.4 is 20.7 Å². The van der Waals surface area contributed by atoms with E-state index in [0.29, 0.717) is 12.3 Å². The molecule has 2 aromatic rings. The lowest BCUT2D eigenvalue weighted by molar-refractivity contribution is -0.126. The van der Waals surface area contributed by atoms with Crippen LogP contribution in [-0.2, 0) is 9.59 Å². The number of nitrogens with two attached hydrogens (primary N) is 1. The number of amides is 3. The van der Waals surface area contributed by atoms with Crippen molar-refractivity contribution < 1.29 is 19.1 Å². The Balaban J connectivity index is 1.45. The summed E-state index contributed by atoms with van der Waals surface area (Å²) in [5.74, 6) is 4.70. The number of hydrogen-bond donors (Lipinski definition) is 2. The molecule has 3 N–H and O–H groups in total. The first-order chi connectivity index (χ1) is 14.5. The maximum atomic E-state index is 12.4. The van der Waals surface area contributed by atoms with Crippen molar-refractivity contribution in [3.63, 3.8) is 0 Å². The minimum Gasteiger partial charge on any atom is -0.480 e. The van der Waals surface area contributed by atoms with E-state index in [1.165, 1.54) is 0 Å². The molecule has 1 aliphatic rings. The molecule has 1 aliphatic heterocycles. The third-order valence-electron chi connectivity index (χ3n) is 4.77. The van der Waals surface area contributed by atoms with E-state index < -0.39 is 11.8 Å². The molecule has 1 unspecified atom stereocenters. The quantitative estimate of drug-likeness (QED) is 0.714. The fourth-order valence-electron chi connectivity index (χ4n) is 3.16. The van der Waals surface area contributed by atoms with Gasteiger partial charge in [-0.2, -0.15) is 0 Å². The average Bonchev–Trinajstić information content (AvgIpc) is 3.13. The first-order valence-corrected chi connectivity index (χ1v) is 9.58. The zero-order valence-corrected chi connectivity index (χ0v) is 16.7. The molecule has 0 saturated carbocycles. The Kier molecular flexibility index (Phi) is 6.71. The molecular weight excluding hydrogens is 382 g/mol. The Morgan fingerprint density at radius 1 is 1.17 bits per heavy atom. The monoisotopic (exact) mass is 405 g/mol. The fraction of sp³-hybridized carbons (Fsp3) is 0.261. The Labute approximate surface area is 175 Å². The molecule has 1 saturated heterocycles. The zero-order valence-electron chi connectivity index (χ0n) is 16.7. The number of ether oxygens (including phenoxy) is 1. The Hall–Kier alpha value is -3.79. The normalized spacial score (nSPS) is 15.3. The topological polar surface area (TPSA) is 102 Å². The largest absolute Gasteiger partial charge is 0.480 e. The number of carbonyl (C=O) groups is 3. The number of para-hydroxylation sites is 1. The standard InChI is InChI=1S/C23H23N3O4/c1-16-8-10-18(11-9-16)26-15-17(14-21(26)27)23(29)25-12-4-5-13-30-20-7-3-2-6-19(20)22(24)28/h2-3,6-11,17H,12-15H2,1H3,(H2,24,28)(H,25,29). The van der Waals surface area contributed by atoms with E-state index in [1.807, 2.05) is 31.2 Å². The van der Waals surface area contributed by atoms with Crippen molar-refractivity contribution in [1.29, 1.82) is 0 Å². The number of nitrogens with one attached hydrogen (secondary N) is 1. The van der Waals surface area contributed by atoms with E-state index in [4.69, 9.17) is 10.5 Å². The number of anilines is 1. The molecule has 154 valence electrons. The van der Waals surface area contributed by atoms with Crippen LogP contribution in [0.25, 0.3) is 0 Å². The smallest absolute Gasteiger partial charge is 0.252 e. The second-order valence-corrected chi connectivity index (χ2v) is 6.96. The molecule has 1 heterocycles. The van der Waals surface area contributed by atoms with Crippen LogP contribution in [0.15, 0.2) is 48.5 Å². The van der Waals surface area contributed by atoms with Crippen LogP contribution in [0.2, 0.25) is 0 Å². The number of nitrogens with zero attached hydrogens (tertiary/aromatic N) is 1. The lowest BCUT2D eigenvalue weighted by atomic mass is 10.1. The van der Waals surface area contributed by atoms with Gasteiger partial charge in [0.2, 0.25) is 11.8 Å². The van der Waals surface area contributed by atoms with E-state index in [9.17, 15) is 14.4 Å². The number of benzene rings is 2. The lowest BCUT2D eigenvalue weighted by Crippen LogP contribution is -2.33. The van der Waals surface area contributed by atoms with E-state index in [-0.39, 0.29) is 37.0 Å². The van der Waals surface area contributed by atoms with E-state index in [1.54, 1.807) is 29.2 Å². The molecule has 0 bridgehead atoms. The molecule has 2 aromatic carbocycles. The summed E-state index contributed by atoms with van der Waals surface area (Å²) >= 11 is 0. The molecule has 1 fully saturated rings. The maximum absolute atomic E-state index is 12.4. The molecule has 7 heteroatoms. The van der Waals surface area contributed by atoms with Gasteiger partial charge in [0, 0.05) is 18.7 Å². The minimum atomic E-state index is -0.573. The van der Waals surface area contributed by atoms with Crippen molar-refractivity contribution in [3.8, 4) is 17.6 Å². The number of primary amides is 1. The summed E-state index contributed by atoms with van der Waals surface area (Å²) < 4.78 is 5.45. The second-order valence-electron chi connectivity index (χ2n) is 6.96. The number of aryl methyl sites for hydroxylation is 1. The van der Waals surface area contributed by atoms with Gasteiger partial charge in [-0.25, -0.2) is 0 Å². The van der Waals surface area contributed by atoms with Gasteiger partial charge < -0.3 is 20.7 Å². The van der Waals surface area contributed by atoms with Crippen molar-refractivity contribution in [3.05, 3.63) is 59.7 Å². The van der Waals surface area contributed by atoms with Crippen molar-refractivity contribution in [2.75, 3.05) is 24.6 Å². The summed E-state index contributed by atoms with van der Waals surface area (Å²) in [5.41, 5.74) is 7.49. The van der Waals surface area contributed by atoms with Crippen LogP contribution in [0.4, 0.5) is 5.69 Å². The summed E-state index contributed by atoms with van der Waals surface area (Å²) in [6.07, 6.45) is 0.181. The van der Waals surface area contributed by atoms with E-state index in [0.717, 1.165) is 11.3 Å². The third kappa shape index (κ3) is 5.17. The van der Waals surface area contributed by atoms with Crippen LogP contribution in [0.1, 0.15) is 22.3 Å². The van der Waals surface area contributed by atoms with Gasteiger partial charge >= 0.3 is 0 Å². The molecule has 1 atom stereocenters. The maximum Gasteiger partial charge on any atom is 0.252 e. The molecule has 0 aromatic heterocycles. The molecule has 3 rings (SSSR count). The highest BCUT2D eigenvalue weighted by atomic mass is 16.5. The van der Waals surface area contributed by atoms with Crippen LogP contribution >= 0.6 is 0 Å². The van der Waals surface area contributed by atoms with Gasteiger partial charge in [0.25, 0.3) is 5.91 Å². The first-order valence-electron chi connectivity index (χ1n) is 9.58. The van der Waals surface area contributed by atoms with Gasteiger partial charge in [0.15, 0.2) is 0 Å². The van der Waals surface area contributed by atoms with Gasteiger partial charge in [-0.3, -0.25) is 14.4 Å². The summed E-state index contributed by atoms with van der Waals surface area (Å²) in [4.78, 5) is 37.6. The minimum absolute atomic E-state index is 0.0588. The van der Waals surface area contributed by atoms with Gasteiger partial charge in [-0.15, -0.1) is 0 Å². The molecular formula is C23H23N3O4. The number of carbonyl (C=O) groups excluding carboxylic acids is 3. The Morgan fingerprint density at radius 3 is 2.63 bits per heavy atom. The van der Waals surface area contributed by atoms with Crippen molar-refractivity contribution in [2.45, 2.75) is 13.3 Å². The molecule has 3 amide bonds. The molecule has 0 aliphatic carbocycles. The van der Waals surface area contributed by atoms with Crippen LogP contribution in [-0.4, -0.2) is 37.4 Å². The van der Waals surface area contributed by atoms with E-state index >= 15 is 0 Å². The Morgan fingerprint density at radius 2 is 1.90 bits per heavy atom. The average molecular weight is 405 g/mol. The highest BCUT2D eigenvalue weighted by Crippen LogP contribution is 2.25. The van der Waals surface area contributed by atoms with Crippen LogP contribution in [0.3, 0.4) is 0 Å². The fourth-order valence-corrected chi connectivity index (χ4v) is 3.16. The molecule has 30 heavy (non-hydrogen) atoms. The van der Waals surface area contributed by atoms with E-state index in [2.05, 4.69) is 17.2 Å². The Bertz CT molecular complexity index is 1010. The molecule has 0 spiro atoms. The number of hydrogen-bond acceptors (Lipinski definition) is 4.